The van der Waals surface area contributed by atoms with Gasteiger partial charge in [-0.1, -0.05) is 0 Å². The first kappa shape index (κ1) is 15.4. The lowest BCUT2D eigenvalue weighted by Crippen LogP contribution is -2.34. The quantitative estimate of drug-likeness (QED) is 0.692. The molecule has 2 aliphatic carbocycles. The second-order valence-electron chi connectivity index (χ2n) is 5.78. The van der Waals surface area contributed by atoms with Crippen LogP contribution in [0.2, 0.25) is 0 Å². The van der Waals surface area contributed by atoms with Gasteiger partial charge < -0.3 is 9.32 Å². The van der Waals surface area contributed by atoms with Crippen molar-refractivity contribution in [1.29, 1.82) is 0 Å². The van der Waals surface area contributed by atoms with Crippen LogP contribution in [0.15, 0.2) is 20.0 Å². The van der Waals surface area contributed by atoms with Gasteiger partial charge in [-0.2, -0.15) is 0 Å². The van der Waals surface area contributed by atoms with E-state index in [9.17, 15) is 13.2 Å². The molecule has 0 N–H and O–H groups in total. The topological polar surface area (TPSA) is 67.6 Å². The van der Waals surface area contributed by atoms with Gasteiger partial charge in [0.15, 0.2) is 10.4 Å². The van der Waals surface area contributed by atoms with Crippen molar-refractivity contribution in [2.45, 2.75) is 30.6 Å². The van der Waals surface area contributed by atoms with Crippen molar-refractivity contribution in [3.05, 3.63) is 16.5 Å². The van der Waals surface area contributed by atoms with Gasteiger partial charge in [0.1, 0.15) is 4.90 Å². The second-order valence-corrected chi connectivity index (χ2v) is 9.04. The van der Waals surface area contributed by atoms with Gasteiger partial charge >= 0.3 is 0 Å². The Labute approximate surface area is 136 Å². The van der Waals surface area contributed by atoms with Crippen molar-refractivity contribution in [2.24, 2.45) is 11.8 Å². The average molecular weight is 397 g/mol. The summed E-state index contributed by atoms with van der Waals surface area (Å²) < 4.78 is 28.0. The maximum Gasteiger partial charge on any atom is 0.289 e. The van der Waals surface area contributed by atoms with Gasteiger partial charge in [-0.3, -0.25) is 4.79 Å². The molecule has 2 saturated carbocycles. The summed E-state index contributed by atoms with van der Waals surface area (Å²) in [5.41, 5.74) is 0. The third-order valence-corrected chi connectivity index (χ3v) is 5.95. The fourth-order valence-electron chi connectivity index (χ4n) is 2.24. The number of nitrogens with zero attached hydrogens (tertiary/aromatic N) is 1. The van der Waals surface area contributed by atoms with Crippen molar-refractivity contribution < 1.29 is 17.6 Å². The van der Waals surface area contributed by atoms with Crippen LogP contribution < -0.4 is 0 Å². The predicted octanol–water partition coefficient (Wildman–Crippen LogP) is 3.23. The van der Waals surface area contributed by atoms with E-state index in [0.717, 1.165) is 38.8 Å². The molecule has 0 unspecified atom stereocenters. The Kier molecular flexibility index (Phi) is 4.09. The fourth-order valence-corrected chi connectivity index (χ4v) is 4.28. The summed E-state index contributed by atoms with van der Waals surface area (Å²) in [7, 11) is 1.37. The Balaban J connectivity index is 1.81. The van der Waals surface area contributed by atoms with Gasteiger partial charge in [0, 0.05) is 29.8 Å². The molecule has 0 bridgehead atoms. The number of hydrogen-bond donors (Lipinski definition) is 0. The number of carbonyl (C=O) groups is 1. The molecule has 1 amide bonds. The van der Waals surface area contributed by atoms with Crippen molar-refractivity contribution >= 4 is 41.6 Å². The highest BCUT2D eigenvalue weighted by molar-refractivity contribution is 9.10. The SMILES string of the molecule is O=C(c1cc(S(=O)(=O)Cl)c(Br)o1)N(CC1CC1)CC1CC1. The van der Waals surface area contributed by atoms with Crippen LogP contribution in [-0.2, 0) is 9.05 Å². The zero-order valence-corrected chi connectivity index (χ0v) is 14.4. The van der Waals surface area contributed by atoms with Crippen LogP contribution in [0.3, 0.4) is 0 Å². The Morgan fingerprint density at radius 3 is 2.19 bits per heavy atom. The van der Waals surface area contributed by atoms with Crippen LogP contribution >= 0.6 is 26.6 Å². The molecule has 116 valence electrons. The minimum atomic E-state index is -3.93. The minimum Gasteiger partial charge on any atom is -0.443 e. The highest BCUT2D eigenvalue weighted by Crippen LogP contribution is 2.35. The smallest absolute Gasteiger partial charge is 0.289 e. The standard InChI is InChI=1S/C13H15BrClNO4S/c14-12-11(21(15,18)19)5-10(20-12)13(17)16(6-8-1-2-8)7-9-3-4-9/h5,8-9H,1-4,6-7H2. The zero-order chi connectivity index (χ0) is 15.2. The van der Waals surface area contributed by atoms with E-state index in [-0.39, 0.29) is 21.2 Å². The van der Waals surface area contributed by atoms with Crippen LogP contribution in [-0.4, -0.2) is 32.3 Å². The van der Waals surface area contributed by atoms with Crippen LogP contribution in [0, 0.1) is 11.8 Å². The van der Waals surface area contributed by atoms with Crippen LogP contribution in [0.25, 0.3) is 0 Å². The van der Waals surface area contributed by atoms with E-state index < -0.39 is 9.05 Å². The molecule has 21 heavy (non-hydrogen) atoms. The highest BCUT2D eigenvalue weighted by atomic mass is 79.9. The number of furan rings is 1. The van der Waals surface area contributed by atoms with Gasteiger partial charge in [0.2, 0.25) is 0 Å². The molecule has 0 atom stereocenters. The monoisotopic (exact) mass is 395 g/mol. The largest absolute Gasteiger partial charge is 0.443 e. The van der Waals surface area contributed by atoms with Gasteiger partial charge in [-0.25, -0.2) is 8.42 Å². The molecule has 2 fully saturated rings. The molecule has 0 aromatic carbocycles. The molecule has 1 aromatic rings. The lowest BCUT2D eigenvalue weighted by molar-refractivity contribution is 0.0706. The minimum absolute atomic E-state index is 0.0161. The van der Waals surface area contributed by atoms with Crippen molar-refractivity contribution in [1.82, 2.24) is 4.90 Å². The van der Waals surface area contributed by atoms with Crippen molar-refractivity contribution in [2.75, 3.05) is 13.1 Å². The van der Waals surface area contributed by atoms with Gasteiger partial charge in [-0.15, -0.1) is 0 Å². The Bertz CT molecular complexity index is 650. The summed E-state index contributed by atoms with van der Waals surface area (Å²) in [6, 6.07) is 1.20. The molecule has 1 aromatic heterocycles. The summed E-state index contributed by atoms with van der Waals surface area (Å²) in [4.78, 5) is 14.1. The van der Waals surface area contributed by atoms with E-state index >= 15 is 0 Å². The number of hydrogen-bond acceptors (Lipinski definition) is 4. The van der Waals surface area contributed by atoms with Crippen molar-refractivity contribution in [3.63, 3.8) is 0 Å². The van der Waals surface area contributed by atoms with Gasteiger partial charge in [-0.05, 0) is 53.4 Å². The molecule has 3 rings (SSSR count). The van der Waals surface area contributed by atoms with Crippen molar-refractivity contribution in [3.8, 4) is 0 Å². The molecule has 5 nitrogen and oxygen atoms in total. The van der Waals surface area contributed by atoms with E-state index in [0.29, 0.717) is 11.8 Å². The summed E-state index contributed by atoms with van der Waals surface area (Å²) in [5, 5.41) is 0. The van der Waals surface area contributed by atoms with Gasteiger partial charge in [0.25, 0.3) is 15.0 Å². The molecule has 2 aliphatic rings. The fraction of sp³-hybridized carbons (Fsp3) is 0.615. The van der Waals surface area contributed by atoms with Gasteiger partial charge in [0.05, 0.1) is 0 Å². The summed E-state index contributed by atoms with van der Waals surface area (Å²) in [5.74, 6) is 0.896. The third kappa shape index (κ3) is 3.81. The number of halogens is 2. The summed E-state index contributed by atoms with van der Waals surface area (Å²) >= 11 is 3.00. The summed E-state index contributed by atoms with van der Waals surface area (Å²) in [6.45, 7) is 1.44. The first-order valence-electron chi connectivity index (χ1n) is 6.88. The van der Waals surface area contributed by atoms with E-state index in [2.05, 4.69) is 15.9 Å². The zero-order valence-electron chi connectivity index (χ0n) is 11.2. The second kappa shape index (κ2) is 5.59. The Hall–Kier alpha value is -0.530. The normalized spacial score (nSPS) is 18.8. The van der Waals surface area contributed by atoms with E-state index in [1.165, 1.54) is 6.07 Å². The molecular weight excluding hydrogens is 382 g/mol. The Morgan fingerprint density at radius 1 is 1.29 bits per heavy atom. The predicted molar refractivity (Wildman–Crippen MR) is 80.8 cm³/mol. The molecule has 0 aliphatic heterocycles. The van der Waals surface area contributed by atoms with Crippen LogP contribution in [0.1, 0.15) is 36.2 Å². The molecule has 0 spiro atoms. The molecule has 0 radical (unpaired) electrons. The van der Waals surface area contributed by atoms with E-state index in [1.54, 1.807) is 4.90 Å². The molecule has 8 heteroatoms. The molecule has 1 heterocycles. The number of carbonyl (C=O) groups excluding carboxylic acids is 1. The first-order valence-corrected chi connectivity index (χ1v) is 9.98. The molecule has 0 saturated heterocycles. The van der Waals surface area contributed by atoms with Crippen LogP contribution in [0.5, 0.6) is 0 Å². The van der Waals surface area contributed by atoms with Crippen LogP contribution in [0.4, 0.5) is 0 Å². The van der Waals surface area contributed by atoms with E-state index in [4.69, 9.17) is 15.1 Å². The van der Waals surface area contributed by atoms with E-state index in [1.807, 2.05) is 0 Å². The average Bonchev–Trinajstić information content (AvgIpc) is 3.29. The lowest BCUT2D eigenvalue weighted by Gasteiger charge is -2.21. The number of amides is 1. The Morgan fingerprint density at radius 2 is 1.81 bits per heavy atom. The third-order valence-electron chi connectivity index (χ3n) is 3.77. The summed E-state index contributed by atoms with van der Waals surface area (Å²) in [6.07, 6.45) is 4.60. The first-order chi connectivity index (χ1) is 9.84. The maximum absolute atomic E-state index is 12.5. The molecular formula is C13H15BrClNO4S. The number of rotatable bonds is 6. The lowest BCUT2D eigenvalue weighted by atomic mass is 10.3. The highest BCUT2D eigenvalue weighted by Gasteiger charge is 2.34. The maximum atomic E-state index is 12.5.